The van der Waals surface area contributed by atoms with Crippen molar-refractivity contribution < 1.29 is 9.53 Å². The Bertz CT molecular complexity index is 817. The maximum atomic E-state index is 12.9. The number of morpholine rings is 1. The molecule has 2 aromatic rings. The maximum Gasteiger partial charge on any atom is 0.225 e. The lowest BCUT2D eigenvalue weighted by molar-refractivity contribution is -0.148. The number of thiazole rings is 1. The van der Waals surface area contributed by atoms with Gasteiger partial charge in [0.1, 0.15) is 5.01 Å². The lowest BCUT2D eigenvalue weighted by atomic mass is 9.94. The molecule has 2 unspecified atom stereocenters. The normalized spacial score (nSPS) is 24.0. The third-order valence-corrected chi connectivity index (χ3v) is 6.84. The highest BCUT2D eigenvalue weighted by atomic mass is 32.1. The van der Waals surface area contributed by atoms with Crippen LogP contribution in [0.15, 0.2) is 29.6 Å². The quantitative estimate of drug-likeness (QED) is 0.761. The molecule has 2 fully saturated rings. The van der Waals surface area contributed by atoms with Gasteiger partial charge in [-0.1, -0.05) is 29.8 Å². The van der Waals surface area contributed by atoms with Crippen molar-refractivity contribution in [3.05, 3.63) is 40.9 Å². The minimum absolute atomic E-state index is 0.134. The first-order valence-corrected chi connectivity index (χ1v) is 11.5. The van der Waals surface area contributed by atoms with Crippen LogP contribution < -0.4 is 0 Å². The zero-order chi connectivity index (χ0) is 20.4. The fourth-order valence-corrected chi connectivity index (χ4v) is 5.21. The molecule has 2 atom stereocenters. The Labute approximate surface area is 177 Å². The highest BCUT2D eigenvalue weighted by Gasteiger charge is 2.32. The molecule has 4 rings (SSSR count). The number of ether oxygens (including phenoxy) is 1. The average molecular weight is 414 g/mol. The second-order valence-electron chi connectivity index (χ2n) is 8.56. The molecule has 6 heteroatoms. The van der Waals surface area contributed by atoms with Gasteiger partial charge in [0.25, 0.3) is 0 Å². The Morgan fingerprint density at radius 2 is 1.79 bits per heavy atom. The fourth-order valence-electron chi connectivity index (χ4n) is 4.39. The molecule has 2 aliphatic heterocycles. The minimum atomic E-state index is 0.134. The molecule has 156 valence electrons. The summed E-state index contributed by atoms with van der Waals surface area (Å²) in [5.41, 5.74) is 3.58. The summed E-state index contributed by atoms with van der Waals surface area (Å²) < 4.78 is 5.77. The van der Waals surface area contributed by atoms with E-state index in [4.69, 9.17) is 9.72 Å². The monoisotopic (exact) mass is 413 g/mol. The first-order valence-electron chi connectivity index (χ1n) is 10.7. The summed E-state index contributed by atoms with van der Waals surface area (Å²) in [5, 5.41) is 3.25. The van der Waals surface area contributed by atoms with E-state index >= 15 is 0 Å². The number of benzene rings is 1. The second-order valence-corrected chi connectivity index (χ2v) is 9.42. The number of likely N-dealkylation sites (tertiary alicyclic amines) is 1. The van der Waals surface area contributed by atoms with Crippen molar-refractivity contribution in [2.75, 3.05) is 26.2 Å². The van der Waals surface area contributed by atoms with Gasteiger partial charge in [0, 0.05) is 36.5 Å². The Morgan fingerprint density at radius 3 is 2.45 bits per heavy atom. The highest BCUT2D eigenvalue weighted by Crippen LogP contribution is 2.27. The van der Waals surface area contributed by atoms with Crippen LogP contribution in [0.1, 0.15) is 37.9 Å². The van der Waals surface area contributed by atoms with E-state index in [9.17, 15) is 4.79 Å². The van der Waals surface area contributed by atoms with E-state index in [2.05, 4.69) is 55.3 Å². The van der Waals surface area contributed by atoms with Crippen LogP contribution in [0, 0.1) is 12.8 Å². The molecule has 0 bridgehead atoms. The Morgan fingerprint density at radius 1 is 1.14 bits per heavy atom. The molecule has 1 aromatic carbocycles. The van der Waals surface area contributed by atoms with E-state index in [0.717, 1.165) is 56.3 Å². The van der Waals surface area contributed by atoms with Gasteiger partial charge in [-0.15, -0.1) is 11.3 Å². The predicted octanol–water partition coefficient (Wildman–Crippen LogP) is 3.97. The summed E-state index contributed by atoms with van der Waals surface area (Å²) in [5.74, 6) is 0.476. The molecule has 3 heterocycles. The first kappa shape index (κ1) is 20.5. The third kappa shape index (κ3) is 5.05. The number of aryl methyl sites for hydroxylation is 1. The van der Waals surface area contributed by atoms with Gasteiger partial charge < -0.3 is 9.64 Å². The summed E-state index contributed by atoms with van der Waals surface area (Å²) in [7, 11) is 0. The number of carbonyl (C=O) groups is 1. The Hall–Kier alpha value is -1.76. The van der Waals surface area contributed by atoms with Crippen LogP contribution in [-0.4, -0.2) is 59.1 Å². The van der Waals surface area contributed by atoms with Crippen LogP contribution >= 0.6 is 11.3 Å². The van der Waals surface area contributed by atoms with Gasteiger partial charge in [-0.2, -0.15) is 0 Å². The predicted molar refractivity (Wildman–Crippen MR) is 117 cm³/mol. The van der Waals surface area contributed by atoms with Gasteiger partial charge in [-0.25, -0.2) is 4.98 Å². The largest absolute Gasteiger partial charge is 0.372 e. The summed E-state index contributed by atoms with van der Waals surface area (Å²) in [6.45, 7) is 10.5. The van der Waals surface area contributed by atoms with Crippen molar-refractivity contribution in [2.24, 2.45) is 5.92 Å². The summed E-state index contributed by atoms with van der Waals surface area (Å²) in [4.78, 5) is 22.2. The molecule has 0 saturated carbocycles. The fraction of sp³-hybridized carbons (Fsp3) is 0.565. The number of carbonyl (C=O) groups excluding carboxylic acids is 1. The first-order chi connectivity index (χ1) is 14.0. The number of piperidine rings is 1. The molecule has 2 saturated heterocycles. The van der Waals surface area contributed by atoms with Crippen LogP contribution in [0.2, 0.25) is 0 Å². The van der Waals surface area contributed by atoms with Crippen molar-refractivity contribution in [1.82, 2.24) is 14.8 Å². The number of rotatable bonds is 4. The van der Waals surface area contributed by atoms with Crippen molar-refractivity contribution in [2.45, 2.75) is 52.4 Å². The van der Waals surface area contributed by atoms with Crippen LogP contribution in [0.3, 0.4) is 0 Å². The van der Waals surface area contributed by atoms with Gasteiger partial charge in [0.15, 0.2) is 0 Å². The highest BCUT2D eigenvalue weighted by molar-refractivity contribution is 7.13. The molecule has 0 aliphatic carbocycles. The number of nitrogens with zero attached hydrogens (tertiary/aromatic N) is 3. The van der Waals surface area contributed by atoms with Crippen molar-refractivity contribution >= 4 is 17.2 Å². The summed E-state index contributed by atoms with van der Waals surface area (Å²) >= 11 is 1.71. The maximum absolute atomic E-state index is 12.9. The van der Waals surface area contributed by atoms with Crippen molar-refractivity contribution in [3.8, 4) is 10.6 Å². The lowest BCUT2D eigenvalue weighted by Crippen LogP contribution is -2.51. The van der Waals surface area contributed by atoms with Crippen LogP contribution in [0.5, 0.6) is 0 Å². The van der Waals surface area contributed by atoms with E-state index in [1.165, 1.54) is 11.1 Å². The molecule has 29 heavy (non-hydrogen) atoms. The Kier molecular flexibility index (Phi) is 6.32. The molecule has 1 amide bonds. The van der Waals surface area contributed by atoms with Gasteiger partial charge >= 0.3 is 0 Å². The van der Waals surface area contributed by atoms with Gasteiger partial charge in [0.2, 0.25) is 5.91 Å². The summed E-state index contributed by atoms with van der Waals surface area (Å²) in [6, 6.07) is 8.55. The van der Waals surface area contributed by atoms with Crippen molar-refractivity contribution in [1.29, 1.82) is 0 Å². The van der Waals surface area contributed by atoms with E-state index in [-0.39, 0.29) is 18.1 Å². The molecule has 0 N–H and O–H groups in total. The number of hydrogen-bond acceptors (Lipinski definition) is 5. The Balaban J connectivity index is 1.29. The number of aromatic nitrogens is 1. The third-order valence-electron chi connectivity index (χ3n) is 5.90. The summed E-state index contributed by atoms with van der Waals surface area (Å²) in [6.07, 6.45) is 2.15. The second kappa shape index (κ2) is 8.94. The van der Waals surface area contributed by atoms with E-state index in [0.29, 0.717) is 5.91 Å². The smallest absolute Gasteiger partial charge is 0.225 e. The minimum Gasteiger partial charge on any atom is -0.372 e. The number of amides is 1. The average Bonchev–Trinajstić information content (AvgIpc) is 3.16. The zero-order valence-electron chi connectivity index (χ0n) is 17.6. The molecule has 0 spiro atoms. The number of hydrogen-bond donors (Lipinski definition) is 0. The molecule has 0 radical (unpaired) electrons. The van der Waals surface area contributed by atoms with Crippen molar-refractivity contribution in [3.63, 3.8) is 0 Å². The topological polar surface area (TPSA) is 45.7 Å². The SMILES string of the molecule is Cc1ccc(-c2nc(CN3CCC(C(=O)N4CC(C)OC(C)C4)CC3)cs2)cc1. The molecular weight excluding hydrogens is 382 g/mol. The molecular formula is C23H31N3O2S. The molecule has 2 aliphatic rings. The standard InChI is InChI=1S/C23H31N3O2S/c1-16-4-6-19(7-5-16)22-24-21(15-29-22)14-25-10-8-20(9-11-25)23(27)26-12-17(2)28-18(3)13-26/h4-7,15,17-18,20H,8-14H2,1-3H3. The van der Waals surface area contributed by atoms with Crippen LogP contribution in [0.4, 0.5) is 0 Å². The lowest BCUT2D eigenvalue weighted by Gasteiger charge is -2.39. The van der Waals surface area contributed by atoms with Gasteiger partial charge in [-0.05, 0) is 46.7 Å². The van der Waals surface area contributed by atoms with E-state index in [1.54, 1.807) is 11.3 Å². The molecule has 5 nitrogen and oxygen atoms in total. The zero-order valence-corrected chi connectivity index (χ0v) is 18.5. The van der Waals surface area contributed by atoms with Crippen LogP contribution in [-0.2, 0) is 16.1 Å². The van der Waals surface area contributed by atoms with Gasteiger partial charge in [0.05, 0.1) is 17.9 Å². The van der Waals surface area contributed by atoms with E-state index < -0.39 is 0 Å². The van der Waals surface area contributed by atoms with Crippen LogP contribution in [0.25, 0.3) is 10.6 Å². The van der Waals surface area contributed by atoms with E-state index in [1.807, 2.05) is 4.90 Å². The molecule has 1 aromatic heterocycles. The van der Waals surface area contributed by atoms with Gasteiger partial charge in [-0.3, -0.25) is 9.69 Å².